The van der Waals surface area contributed by atoms with Crippen molar-refractivity contribution in [1.29, 1.82) is 0 Å². The molecule has 0 atom stereocenters. The molecule has 0 fully saturated rings. The van der Waals surface area contributed by atoms with E-state index in [2.05, 4.69) is 10.2 Å². The van der Waals surface area contributed by atoms with E-state index < -0.39 is 23.0 Å². The van der Waals surface area contributed by atoms with Gasteiger partial charge in [0.25, 0.3) is 0 Å². The molecule has 0 spiro atoms. The van der Waals surface area contributed by atoms with E-state index in [9.17, 15) is 18.7 Å². The molecule has 0 amide bonds. The van der Waals surface area contributed by atoms with E-state index in [1.54, 1.807) is 12.1 Å². The second kappa shape index (κ2) is 9.29. The van der Waals surface area contributed by atoms with Gasteiger partial charge in [-0.1, -0.05) is 24.3 Å². The number of nitrogens with two attached hydrogens (primary N) is 4. The molecule has 160 valence electrons. The zero-order chi connectivity index (χ0) is 22.1. The largest absolute Gasteiger partial charge is 0.318 e. The Morgan fingerprint density at radius 1 is 0.633 bits per heavy atom. The summed E-state index contributed by atoms with van der Waals surface area (Å²) in [7, 11) is 0. The molecule has 0 aliphatic heterocycles. The van der Waals surface area contributed by atoms with E-state index >= 15 is 0 Å². The Bertz CT molecular complexity index is 1030. The molecule has 0 unspecified atom stereocenters. The van der Waals surface area contributed by atoms with Gasteiger partial charge in [-0.25, -0.2) is 0 Å². The van der Waals surface area contributed by atoms with Crippen LogP contribution in [0, 0.1) is 0 Å². The third-order valence-electron chi connectivity index (χ3n) is 4.15. The van der Waals surface area contributed by atoms with Crippen molar-refractivity contribution in [2.75, 3.05) is 10.2 Å². The monoisotopic (exact) mass is 522 g/mol. The predicted octanol–water partition coefficient (Wildman–Crippen LogP) is 3.93. The average molecular weight is 523 g/mol. The predicted molar refractivity (Wildman–Crippen MR) is 129 cm³/mol. The Balaban J connectivity index is 2.26. The summed E-state index contributed by atoms with van der Waals surface area (Å²) in [6, 6.07) is 9.15. The molecule has 16 heteroatoms. The van der Waals surface area contributed by atoms with Crippen LogP contribution in [0.5, 0.6) is 0 Å². The van der Waals surface area contributed by atoms with Crippen LogP contribution >= 0.6 is 57.7 Å². The number of fused-ring (bicyclic) bond motifs is 2. The van der Waals surface area contributed by atoms with Crippen LogP contribution in [0.3, 0.4) is 0 Å². The van der Waals surface area contributed by atoms with Gasteiger partial charge in [0.05, 0.1) is 22.5 Å². The standard InChI is InChI=1S/C14H16N6O4P2S4/c15-27-25(23,28-16)19-9-5-6-10(20-26(24,29-17)30-18)12-11(9)13(21)7-3-1-2-4-8(7)14(12)22/h1-6H,15-18H2,(H,19,23)(H,20,24). The first-order valence-electron chi connectivity index (χ1n) is 7.88. The Kier molecular flexibility index (Phi) is 7.35. The lowest BCUT2D eigenvalue weighted by molar-refractivity contribution is 0.0980. The van der Waals surface area contributed by atoms with Crippen molar-refractivity contribution in [3.05, 3.63) is 58.7 Å². The SMILES string of the molecule is NSP(=O)(Nc1ccc(NP(=O)(SN)SN)c2c1C(=O)c1ccccc1C2=O)SN. The lowest BCUT2D eigenvalue weighted by Gasteiger charge is -2.26. The van der Waals surface area contributed by atoms with Crippen LogP contribution in [-0.4, -0.2) is 11.6 Å². The molecule has 1 aliphatic carbocycles. The molecule has 10 N–H and O–H groups in total. The van der Waals surface area contributed by atoms with Gasteiger partial charge in [-0.3, -0.25) is 39.3 Å². The van der Waals surface area contributed by atoms with Crippen molar-refractivity contribution in [3.8, 4) is 0 Å². The summed E-state index contributed by atoms with van der Waals surface area (Å²) in [4.78, 5) is 26.6. The second-order valence-corrected chi connectivity index (χ2v) is 19.1. The van der Waals surface area contributed by atoms with Crippen LogP contribution in [0.15, 0.2) is 36.4 Å². The van der Waals surface area contributed by atoms with Gasteiger partial charge in [0.2, 0.25) is 0 Å². The van der Waals surface area contributed by atoms with Crippen molar-refractivity contribution in [1.82, 2.24) is 0 Å². The lowest BCUT2D eigenvalue weighted by atomic mass is 9.82. The fourth-order valence-corrected chi connectivity index (χ4v) is 7.14. The van der Waals surface area contributed by atoms with Crippen LogP contribution < -0.4 is 30.7 Å². The number of carbonyl (C=O) groups is 2. The number of ketones is 2. The van der Waals surface area contributed by atoms with E-state index in [1.807, 2.05) is 0 Å². The summed E-state index contributed by atoms with van der Waals surface area (Å²) in [6.07, 6.45) is 0. The van der Waals surface area contributed by atoms with Gasteiger partial charge in [0, 0.05) is 57.4 Å². The zero-order valence-electron chi connectivity index (χ0n) is 14.9. The minimum atomic E-state index is -3.40. The molecule has 0 saturated carbocycles. The molecule has 3 rings (SSSR count). The van der Waals surface area contributed by atoms with Gasteiger partial charge in [-0.2, -0.15) is 0 Å². The van der Waals surface area contributed by atoms with E-state index in [4.69, 9.17) is 20.6 Å². The third kappa shape index (κ3) is 4.35. The number of benzene rings is 2. The third-order valence-corrected chi connectivity index (χ3v) is 13.8. The first kappa shape index (κ1) is 23.7. The van der Waals surface area contributed by atoms with Gasteiger partial charge in [-0.05, 0) is 12.1 Å². The summed E-state index contributed by atoms with van der Waals surface area (Å²) in [5.41, 5.74) is -6.27. The molecule has 30 heavy (non-hydrogen) atoms. The highest BCUT2D eigenvalue weighted by Crippen LogP contribution is 2.65. The van der Waals surface area contributed by atoms with Crippen molar-refractivity contribution in [2.24, 2.45) is 20.6 Å². The number of hydrogen-bond donors (Lipinski definition) is 6. The molecule has 0 bridgehead atoms. The van der Waals surface area contributed by atoms with E-state index in [0.29, 0.717) is 46.3 Å². The molecule has 0 saturated heterocycles. The smallest absolute Gasteiger partial charge is 0.306 e. The van der Waals surface area contributed by atoms with Gasteiger partial charge < -0.3 is 10.2 Å². The molecule has 0 heterocycles. The zero-order valence-corrected chi connectivity index (χ0v) is 20.0. The highest BCUT2D eigenvalue weighted by atomic mass is 33.1. The normalized spacial score (nSPS) is 13.6. The molecular formula is C14H16N6O4P2S4. The average Bonchev–Trinajstić information content (AvgIpc) is 2.78. The number of hydrogen-bond acceptors (Lipinski definition) is 12. The van der Waals surface area contributed by atoms with Crippen molar-refractivity contribution in [3.63, 3.8) is 0 Å². The van der Waals surface area contributed by atoms with Crippen LogP contribution in [0.25, 0.3) is 0 Å². The molecule has 0 radical (unpaired) electrons. The maximum absolute atomic E-state index is 13.3. The maximum Gasteiger partial charge on any atom is 0.306 e. The number of rotatable bonds is 8. The van der Waals surface area contributed by atoms with Crippen molar-refractivity contribution < 1.29 is 18.7 Å². The Hall–Kier alpha value is -0.920. The topological polar surface area (TPSA) is 196 Å². The Morgan fingerprint density at radius 3 is 1.27 bits per heavy atom. The summed E-state index contributed by atoms with van der Waals surface area (Å²) in [5.74, 6) is -0.949. The van der Waals surface area contributed by atoms with Gasteiger partial charge in [0.1, 0.15) is 0 Å². The number of carbonyl (C=O) groups excluding carboxylic acids is 2. The summed E-state index contributed by atoms with van der Waals surface area (Å²) < 4.78 is 25.4. The van der Waals surface area contributed by atoms with Crippen molar-refractivity contribution >= 4 is 80.6 Å². The molecule has 2 aromatic carbocycles. The van der Waals surface area contributed by atoms with Crippen molar-refractivity contribution in [2.45, 2.75) is 0 Å². The van der Waals surface area contributed by atoms with Crippen LogP contribution in [-0.2, 0) is 9.13 Å². The maximum atomic E-state index is 13.3. The van der Waals surface area contributed by atoms with E-state index in [-0.39, 0.29) is 33.6 Å². The summed E-state index contributed by atoms with van der Waals surface area (Å²) in [6.45, 7) is 0. The quantitative estimate of drug-likeness (QED) is 0.184. The van der Waals surface area contributed by atoms with Crippen LogP contribution in [0.2, 0.25) is 0 Å². The molecule has 2 aromatic rings. The second-order valence-electron chi connectivity index (χ2n) is 5.75. The summed E-state index contributed by atoms with van der Waals surface area (Å²) >= 11 is 2.05. The Morgan fingerprint density at radius 2 is 0.967 bits per heavy atom. The highest BCUT2D eigenvalue weighted by Gasteiger charge is 2.37. The minimum absolute atomic E-state index is 0.0392. The van der Waals surface area contributed by atoms with Crippen LogP contribution in [0.4, 0.5) is 11.4 Å². The molecular weight excluding hydrogens is 506 g/mol. The fraction of sp³-hybridized carbons (Fsp3) is 0. The molecule has 1 aliphatic rings. The minimum Gasteiger partial charge on any atom is -0.318 e. The van der Waals surface area contributed by atoms with Gasteiger partial charge >= 0.3 is 11.4 Å². The summed E-state index contributed by atoms with van der Waals surface area (Å²) in [5, 5.41) is 27.3. The first-order chi connectivity index (χ1) is 14.2. The van der Waals surface area contributed by atoms with Crippen LogP contribution in [0.1, 0.15) is 31.8 Å². The first-order valence-corrected chi connectivity index (χ1v) is 17.2. The lowest BCUT2D eigenvalue weighted by Crippen LogP contribution is -2.23. The fourth-order valence-electron chi connectivity index (χ4n) is 2.86. The van der Waals surface area contributed by atoms with E-state index in [0.717, 1.165) is 0 Å². The highest BCUT2D eigenvalue weighted by molar-refractivity contribution is 8.90. The van der Waals surface area contributed by atoms with Gasteiger partial charge in [-0.15, -0.1) is 0 Å². The molecule has 0 aromatic heterocycles. The Labute approximate surface area is 188 Å². The molecule has 10 nitrogen and oxygen atoms in total. The number of nitrogens with one attached hydrogen (secondary N) is 2. The number of anilines is 2. The van der Waals surface area contributed by atoms with Gasteiger partial charge in [0.15, 0.2) is 11.6 Å². The van der Waals surface area contributed by atoms with E-state index in [1.165, 1.54) is 24.3 Å².